The van der Waals surface area contributed by atoms with E-state index in [2.05, 4.69) is 10.3 Å². The zero-order valence-corrected chi connectivity index (χ0v) is 13.9. The Morgan fingerprint density at radius 2 is 1.64 bits per heavy atom. The summed E-state index contributed by atoms with van der Waals surface area (Å²) >= 11 is 1.35. The third kappa shape index (κ3) is 4.19. The summed E-state index contributed by atoms with van der Waals surface area (Å²) in [6, 6.07) is 18.1. The van der Waals surface area contributed by atoms with Crippen molar-refractivity contribution < 1.29 is 14.7 Å². The zero-order valence-electron chi connectivity index (χ0n) is 13.0. The molecule has 0 saturated carbocycles. The molecule has 0 spiro atoms. The van der Waals surface area contributed by atoms with Gasteiger partial charge in [-0.05, 0) is 17.7 Å². The highest BCUT2D eigenvalue weighted by molar-refractivity contribution is 7.15. The third-order valence-electron chi connectivity index (χ3n) is 3.36. The van der Waals surface area contributed by atoms with Crippen molar-refractivity contribution in [3.05, 3.63) is 83.1 Å². The van der Waals surface area contributed by atoms with Gasteiger partial charge in [-0.1, -0.05) is 48.5 Å². The smallest absolute Gasteiger partial charge is 0.352 e. The molecule has 0 fully saturated rings. The predicted molar refractivity (Wildman–Crippen MR) is 97.1 cm³/mol. The molecule has 1 aromatic heterocycles. The van der Waals surface area contributed by atoms with E-state index in [0.717, 1.165) is 10.4 Å². The average Bonchev–Trinajstić information content (AvgIpc) is 3.11. The molecule has 2 aromatic carbocycles. The van der Waals surface area contributed by atoms with Gasteiger partial charge < -0.3 is 10.4 Å². The molecule has 0 atom stereocenters. The number of nitrogens with zero attached hydrogens (tertiary/aromatic N) is 1. The highest BCUT2D eigenvalue weighted by Gasteiger charge is 2.14. The molecule has 3 rings (SSSR count). The molecule has 3 aromatic rings. The van der Waals surface area contributed by atoms with E-state index in [0.29, 0.717) is 10.6 Å². The number of thiazole rings is 1. The van der Waals surface area contributed by atoms with Gasteiger partial charge in [0.15, 0.2) is 0 Å². The Morgan fingerprint density at radius 3 is 2.28 bits per heavy atom. The van der Waals surface area contributed by atoms with Crippen molar-refractivity contribution in [2.75, 3.05) is 0 Å². The number of aromatic nitrogens is 1. The van der Waals surface area contributed by atoms with Gasteiger partial charge in [0, 0.05) is 17.8 Å². The van der Waals surface area contributed by atoms with Gasteiger partial charge in [0.2, 0.25) is 0 Å². The minimum Gasteiger partial charge on any atom is -0.477 e. The van der Waals surface area contributed by atoms with Crippen LogP contribution in [-0.4, -0.2) is 22.0 Å². The summed E-state index contributed by atoms with van der Waals surface area (Å²) in [5, 5.41) is 12.3. The molecule has 0 unspecified atom stereocenters. The second-order valence-electron chi connectivity index (χ2n) is 5.11. The number of amides is 1. The minimum atomic E-state index is -1.22. The second kappa shape index (κ2) is 7.55. The van der Waals surface area contributed by atoms with E-state index < -0.39 is 11.9 Å². The Labute approximate surface area is 148 Å². The molecule has 6 heteroatoms. The third-order valence-corrected chi connectivity index (χ3v) is 4.36. The van der Waals surface area contributed by atoms with Gasteiger partial charge in [-0.3, -0.25) is 4.79 Å². The van der Waals surface area contributed by atoms with Gasteiger partial charge in [-0.2, -0.15) is 0 Å². The molecule has 1 amide bonds. The summed E-state index contributed by atoms with van der Waals surface area (Å²) in [5.74, 6) is -1.70. The van der Waals surface area contributed by atoms with Crippen molar-refractivity contribution in [1.29, 1.82) is 0 Å². The van der Waals surface area contributed by atoms with Crippen LogP contribution >= 0.6 is 11.3 Å². The highest BCUT2D eigenvalue weighted by atomic mass is 32.1. The summed E-state index contributed by atoms with van der Waals surface area (Å²) < 4.78 is 0. The molecular weight excluding hydrogens is 336 g/mol. The second-order valence-corrected chi connectivity index (χ2v) is 6.17. The number of aliphatic carboxylic acids is 1. The van der Waals surface area contributed by atoms with Crippen LogP contribution in [0.15, 0.2) is 72.6 Å². The Bertz CT molecular complexity index is 918. The van der Waals surface area contributed by atoms with Crippen molar-refractivity contribution in [3.8, 4) is 10.4 Å². The lowest BCUT2D eigenvalue weighted by molar-refractivity contribution is -0.132. The Morgan fingerprint density at radius 1 is 1.00 bits per heavy atom. The lowest BCUT2D eigenvalue weighted by atomic mass is 10.2. The van der Waals surface area contributed by atoms with Crippen molar-refractivity contribution >= 4 is 29.3 Å². The molecule has 1 heterocycles. The fraction of sp³-hybridized carbons (Fsp3) is 0. The molecule has 124 valence electrons. The maximum Gasteiger partial charge on any atom is 0.352 e. The van der Waals surface area contributed by atoms with Crippen LogP contribution in [0.25, 0.3) is 16.5 Å². The maximum atomic E-state index is 12.1. The van der Waals surface area contributed by atoms with Crippen LogP contribution in [0.5, 0.6) is 0 Å². The molecule has 0 radical (unpaired) electrons. The predicted octanol–water partition coefficient (Wildman–Crippen LogP) is 3.67. The van der Waals surface area contributed by atoms with Crippen LogP contribution in [0.2, 0.25) is 0 Å². The van der Waals surface area contributed by atoms with Crippen molar-refractivity contribution in [1.82, 2.24) is 10.3 Å². The average molecular weight is 350 g/mol. The number of carboxylic acids is 1. The first-order valence-corrected chi connectivity index (χ1v) is 8.28. The normalized spacial score (nSPS) is 11.1. The van der Waals surface area contributed by atoms with E-state index >= 15 is 0 Å². The van der Waals surface area contributed by atoms with Crippen molar-refractivity contribution in [2.24, 2.45) is 0 Å². The quantitative estimate of drug-likeness (QED) is 0.688. The van der Waals surface area contributed by atoms with E-state index in [4.69, 9.17) is 0 Å². The number of rotatable bonds is 5. The summed E-state index contributed by atoms with van der Waals surface area (Å²) in [7, 11) is 0. The van der Waals surface area contributed by atoms with Crippen LogP contribution in [0, 0.1) is 0 Å². The van der Waals surface area contributed by atoms with E-state index in [1.807, 2.05) is 30.3 Å². The van der Waals surface area contributed by atoms with Gasteiger partial charge in [-0.25, -0.2) is 9.78 Å². The molecule has 0 aliphatic carbocycles. The molecule has 2 N–H and O–H groups in total. The fourth-order valence-corrected chi connectivity index (χ4v) is 3.02. The van der Waals surface area contributed by atoms with Crippen LogP contribution in [-0.2, 0) is 4.79 Å². The lowest BCUT2D eigenvalue weighted by Gasteiger charge is -2.05. The van der Waals surface area contributed by atoms with Gasteiger partial charge in [0.25, 0.3) is 5.91 Å². The number of benzene rings is 2. The van der Waals surface area contributed by atoms with Gasteiger partial charge in [0.05, 0.1) is 4.88 Å². The first kappa shape index (κ1) is 16.6. The van der Waals surface area contributed by atoms with E-state index in [1.165, 1.54) is 17.4 Å². The Hall–Kier alpha value is -3.25. The van der Waals surface area contributed by atoms with E-state index in [1.54, 1.807) is 36.5 Å². The summed E-state index contributed by atoms with van der Waals surface area (Å²) in [6.45, 7) is 0. The Kier molecular flexibility index (Phi) is 5.01. The van der Waals surface area contributed by atoms with Crippen LogP contribution < -0.4 is 5.32 Å². The topological polar surface area (TPSA) is 79.3 Å². The first-order valence-electron chi connectivity index (χ1n) is 7.46. The molecule has 0 aliphatic heterocycles. The number of carbonyl (C=O) groups is 2. The van der Waals surface area contributed by atoms with Gasteiger partial charge in [-0.15, -0.1) is 11.3 Å². The zero-order chi connectivity index (χ0) is 17.6. The summed E-state index contributed by atoms with van der Waals surface area (Å²) in [6.07, 6.45) is 3.05. The number of hydrogen-bond acceptors (Lipinski definition) is 4. The number of carbonyl (C=O) groups excluding carboxylic acids is 1. The van der Waals surface area contributed by atoms with Crippen LogP contribution in [0.1, 0.15) is 15.4 Å². The first-order chi connectivity index (χ1) is 12.1. The molecule has 25 heavy (non-hydrogen) atoms. The monoisotopic (exact) mass is 350 g/mol. The SMILES string of the molecule is O=C(O)C(=Cc1ncc(-c2ccccc2)s1)NC(=O)c1ccccc1. The van der Waals surface area contributed by atoms with Crippen LogP contribution in [0.3, 0.4) is 0 Å². The Balaban J connectivity index is 1.82. The van der Waals surface area contributed by atoms with Gasteiger partial charge in [0.1, 0.15) is 10.7 Å². The number of nitrogens with one attached hydrogen (secondary N) is 1. The molecular formula is C19H14N2O3S. The minimum absolute atomic E-state index is 0.220. The van der Waals surface area contributed by atoms with Crippen molar-refractivity contribution in [2.45, 2.75) is 0 Å². The lowest BCUT2D eigenvalue weighted by Crippen LogP contribution is -2.27. The van der Waals surface area contributed by atoms with Gasteiger partial charge >= 0.3 is 5.97 Å². The molecule has 0 saturated heterocycles. The largest absolute Gasteiger partial charge is 0.477 e. The molecule has 5 nitrogen and oxygen atoms in total. The fourth-order valence-electron chi connectivity index (χ4n) is 2.15. The standard InChI is InChI=1S/C19H14N2O3S/c22-18(14-9-5-2-6-10-14)21-15(19(23)24)11-17-20-12-16(25-17)13-7-3-1-4-8-13/h1-12H,(H,21,22)(H,23,24). The van der Waals surface area contributed by atoms with Crippen molar-refractivity contribution in [3.63, 3.8) is 0 Å². The van der Waals surface area contributed by atoms with E-state index in [9.17, 15) is 14.7 Å². The molecule has 0 aliphatic rings. The summed E-state index contributed by atoms with van der Waals surface area (Å²) in [4.78, 5) is 28.7. The number of hydrogen-bond donors (Lipinski definition) is 2. The summed E-state index contributed by atoms with van der Waals surface area (Å²) in [5.41, 5.74) is 1.17. The van der Waals surface area contributed by atoms with Crippen LogP contribution in [0.4, 0.5) is 0 Å². The highest BCUT2D eigenvalue weighted by Crippen LogP contribution is 2.26. The maximum absolute atomic E-state index is 12.1. The number of carboxylic acid groups (broad SMARTS) is 1. The van der Waals surface area contributed by atoms with E-state index in [-0.39, 0.29) is 5.70 Å². The molecule has 0 bridgehead atoms.